The molecule has 0 radical (unpaired) electrons. The monoisotopic (exact) mass is 704 g/mol. The van der Waals surface area contributed by atoms with Crippen LogP contribution in [-0.2, 0) is 36.7 Å². The highest BCUT2D eigenvalue weighted by Gasteiger charge is 2.68. The summed E-state index contributed by atoms with van der Waals surface area (Å²) in [6.07, 6.45) is 4.13. The third kappa shape index (κ3) is 7.84. The van der Waals surface area contributed by atoms with E-state index in [1.165, 1.54) is 11.8 Å². The lowest BCUT2D eigenvalue weighted by Gasteiger charge is -2.64. The number of carbonyl (C=O) groups is 3. The number of rotatable bonds is 13. The van der Waals surface area contributed by atoms with Crippen LogP contribution < -0.4 is 21.8 Å². The normalized spacial score (nSPS) is 27.4. The molecule has 2 heterocycles. The fourth-order valence-corrected chi connectivity index (χ4v) is 9.13. The molecule has 11 nitrogen and oxygen atoms in total. The van der Waals surface area contributed by atoms with Crippen molar-refractivity contribution in [1.29, 1.82) is 0 Å². The molecule has 3 amide bonds. The van der Waals surface area contributed by atoms with Gasteiger partial charge in [0.25, 0.3) is 5.17 Å². The van der Waals surface area contributed by atoms with Gasteiger partial charge in [-0.05, 0) is 85.6 Å². The summed E-state index contributed by atoms with van der Waals surface area (Å²) in [6.45, 7) is 7.30. The van der Waals surface area contributed by atoms with Crippen LogP contribution in [0.4, 0.5) is 4.79 Å². The average Bonchev–Trinajstić information content (AvgIpc) is 3.73. The van der Waals surface area contributed by atoms with Gasteiger partial charge in [-0.2, -0.15) is 0 Å². The maximum absolute atomic E-state index is 14.2. The molecular formula is C37H51BN5O6S+. The van der Waals surface area contributed by atoms with E-state index in [4.69, 9.17) is 25.2 Å². The van der Waals surface area contributed by atoms with E-state index >= 15 is 0 Å². The molecule has 2 bridgehead atoms. The Hall–Kier alpha value is -3.55. The zero-order valence-corrected chi connectivity index (χ0v) is 30.2. The predicted molar refractivity (Wildman–Crippen MR) is 193 cm³/mol. The Bertz CT molecular complexity index is 1530. The maximum atomic E-state index is 14.2. The van der Waals surface area contributed by atoms with Crippen LogP contribution in [0, 0.1) is 17.3 Å². The first kappa shape index (κ1) is 36.3. The largest absolute Gasteiger partial charge is 0.481 e. The first-order valence-corrected chi connectivity index (χ1v) is 18.9. The predicted octanol–water partition coefficient (Wildman–Crippen LogP) is 2.85. The van der Waals surface area contributed by atoms with Crippen molar-refractivity contribution in [2.24, 2.45) is 23.0 Å². The minimum absolute atomic E-state index is 0.0258. The van der Waals surface area contributed by atoms with Crippen molar-refractivity contribution in [3.8, 4) is 0 Å². The number of ether oxygens (including phenoxy) is 1. The van der Waals surface area contributed by atoms with E-state index in [-0.39, 0.29) is 36.4 Å². The van der Waals surface area contributed by atoms with Crippen LogP contribution in [0.2, 0.25) is 0 Å². The molecule has 13 heteroatoms. The number of benzene rings is 2. The highest BCUT2D eigenvalue weighted by atomic mass is 32.2. The van der Waals surface area contributed by atoms with E-state index < -0.39 is 36.8 Å². The van der Waals surface area contributed by atoms with Gasteiger partial charge in [0.15, 0.2) is 0 Å². The smallest absolute Gasteiger partial charge is 0.445 e. The average molecular weight is 705 g/mol. The molecule has 5 aliphatic rings. The van der Waals surface area contributed by atoms with Gasteiger partial charge in [-0.3, -0.25) is 20.7 Å². The lowest BCUT2D eigenvalue weighted by Crippen LogP contribution is -2.65. The quantitative estimate of drug-likeness (QED) is 0.107. The number of likely N-dealkylation sites (tertiary alicyclic amines) is 1. The minimum atomic E-state index is -0.917. The van der Waals surface area contributed by atoms with Crippen molar-refractivity contribution < 1.29 is 33.8 Å². The van der Waals surface area contributed by atoms with Crippen molar-refractivity contribution in [1.82, 2.24) is 15.5 Å². The van der Waals surface area contributed by atoms with Crippen LogP contribution in [0.15, 0.2) is 60.7 Å². The van der Waals surface area contributed by atoms with E-state index in [9.17, 15) is 14.4 Å². The van der Waals surface area contributed by atoms with Crippen molar-refractivity contribution in [3.63, 3.8) is 0 Å². The number of nitrogens with one attached hydrogen (secondary N) is 2. The van der Waals surface area contributed by atoms with Gasteiger partial charge in [0, 0.05) is 18.7 Å². The number of thioether (sulfide) groups is 1. The van der Waals surface area contributed by atoms with Crippen LogP contribution in [-0.4, -0.2) is 77.1 Å². The van der Waals surface area contributed by atoms with Crippen molar-refractivity contribution in [3.05, 3.63) is 71.8 Å². The Morgan fingerprint density at radius 3 is 2.44 bits per heavy atom. The second kappa shape index (κ2) is 15.4. The molecule has 50 heavy (non-hydrogen) atoms. The summed E-state index contributed by atoms with van der Waals surface area (Å²) in [5.74, 6) is 0.694. The molecule has 2 aromatic rings. The molecule has 0 spiro atoms. The molecule has 5 fully saturated rings. The molecule has 2 aromatic carbocycles. The van der Waals surface area contributed by atoms with Gasteiger partial charge in [0.05, 0.1) is 17.6 Å². The van der Waals surface area contributed by atoms with Crippen LogP contribution in [0.1, 0.15) is 70.4 Å². The zero-order valence-electron chi connectivity index (χ0n) is 29.3. The summed E-state index contributed by atoms with van der Waals surface area (Å²) in [4.78, 5) is 42.9. The molecular weight excluding hydrogens is 653 g/mol. The van der Waals surface area contributed by atoms with Crippen LogP contribution in [0.25, 0.3) is 0 Å². The van der Waals surface area contributed by atoms with Crippen molar-refractivity contribution >= 4 is 42.0 Å². The summed E-state index contributed by atoms with van der Waals surface area (Å²) in [6, 6.07) is 17.3. The molecule has 268 valence electrons. The van der Waals surface area contributed by atoms with Crippen LogP contribution >= 0.6 is 11.8 Å². The summed E-state index contributed by atoms with van der Waals surface area (Å²) in [5, 5.41) is 12.0. The molecule has 3 saturated carbocycles. The van der Waals surface area contributed by atoms with E-state index in [2.05, 4.69) is 31.4 Å². The first-order chi connectivity index (χ1) is 24.0. The number of alkyl carbamates (subject to hydrolysis) is 1. The third-order valence-corrected chi connectivity index (χ3v) is 12.3. The minimum Gasteiger partial charge on any atom is -0.445 e. The van der Waals surface area contributed by atoms with Crippen molar-refractivity contribution in [2.45, 2.75) is 102 Å². The zero-order chi connectivity index (χ0) is 35.5. The number of hydrogen-bond donors (Lipinski definition) is 4. The topological polar surface area (TPSA) is 158 Å². The second-order valence-corrected chi connectivity index (χ2v) is 16.2. The standard InChI is InChI=1S/C37H50BN5O6S/c1-36(2)26-21-29(36)37(3)30(22-26)48-38(49-37)31(17-11-19-50-34(39)40)42-32(44)28-16-10-18-43(28)33(45)27(20-24-12-6-4-7-13-24)41-35(46)47-23-25-14-8-5-9-15-25/h4-9,12-15,26-31H,10-11,16-23H2,1-3H3,(H3,39,40)(H,41,46)(H,42,44)/p+1/t26-,27+,28-,29-,30+,31?,37-/m0/s1. The van der Waals surface area contributed by atoms with Gasteiger partial charge in [0.2, 0.25) is 11.8 Å². The molecule has 2 saturated heterocycles. The summed E-state index contributed by atoms with van der Waals surface area (Å²) in [7, 11) is -0.606. The fraction of sp³-hybridized carbons (Fsp3) is 0.568. The molecule has 2 aliphatic heterocycles. The number of amidine groups is 1. The Labute approximate surface area is 299 Å². The molecule has 0 aromatic heterocycles. The second-order valence-electron chi connectivity index (χ2n) is 15.0. The van der Waals surface area contributed by atoms with E-state index in [1.54, 1.807) is 4.90 Å². The van der Waals surface area contributed by atoms with Crippen molar-refractivity contribution in [2.75, 3.05) is 12.3 Å². The number of amides is 3. The van der Waals surface area contributed by atoms with Gasteiger partial charge in [0.1, 0.15) is 18.7 Å². The summed E-state index contributed by atoms with van der Waals surface area (Å²) >= 11 is 1.38. The highest BCUT2D eigenvalue weighted by Crippen LogP contribution is 2.65. The Kier molecular flexibility index (Phi) is 11.1. The molecule has 1 unspecified atom stereocenters. The number of hydrogen-bond acceptors (Lipinski definition) is 7. The Balaban J connectivity index is 1.14. The number of carbonyl (C=O) groups excluding carboxylic acids is 3. The van der Waals surface area contributed by atoms with Crippen LogP contribution in [0.5, 0.6) is 0 Å². The number of nitrogens with zero attached hydrogens (tertiary/aromatic N) is 1. The first-order valence-electron chi connectivity index (χ1n) is 17.9. The highest BCUT2D eigenvalue weighted by molar-refractivity contribution is 8.13. The van der Waals surface area contributed by atoms with Gasteiger partial charge >= 0.3 is 13.2 Å². The van der Waals surface area contributed by atoms with Crippen LogP contribution in [0.3, 0.4) is 0 Å². The molecule has 7 atom stereocenters. The van der Waals surface area contributed by atoms with Gasteiger partial charge in [-0.1, -0.05) is 74.5 Å². The van der Waals surface area contributed by atoms with E-state index in [0.29, 0.717) is 48.6 Å². The van der Waals surface area contributed by atoms with Gasteiger partial charge < -0.3 is 29.6 Å². The van der Waals surface area contributed by atoms with Gasteiger partial charge in [-0.25, -0.2) is 4.79 Å². The third-order valence-electron chi connectivity index (χ3n) is 11.5. The Morgan fingerprint density at radius 2 is 1.76 bits per heavy atom. The summed E-state index contributed by atoms with van der Waals surface area (Å²) < 4.78 is 18.9. The van der Waals surface area contributed by atoms with Gasteiger partial charge in [-0.15, -0.1) is 0 Å². The SMILES string of the molecule is CC1(C)[C@@H]2C[C@H]3OB(C(CCCSC(N)=[NH2+])NC(=O)[C@@H]4CCCN4C(=O)[C@@H](Cc4ccccc4)NC(=O)OCc4ccccc4)O[C@@]3(C)[C@H]1C2. The molecule has 6 N–H and O–H groups in total. The molecule has 7 rings (SSSR count). The fourth-order valence-electron chi connectivity index (χ4n) is 8.58. The van der Waals surface area contributed by atoms with E-state index in [1.807, 2.05) is 60.7 Å². The lowest BCUT2D eigenvalue weighted by atomic mass is 9.43. The number of nitrogens with two attached hydrogens (primary N) is 2. The maximum Gasteiger partial charge on any atom is 0.481 e. The molecule has 3 aliphatic carbocycles. The summed E-state index contributed by atoms with van der Waals surface area (Å²) in [5.41, 5.74) is 7.19. The van der Waals surface area contributed by atoms with E-state index in [0.717, 1.165) is 30.4 Å². The lowest BCUT2D eigenvalue weighted by molar-refractivity contribution is -0.199. The Morgan fingerprint density at radius 1 is 1.06 bits per heavy atom.